The van der Waals surface area contributed by atoms with Gasteiger partial charge in [0, 0.05) is 42.2 Å². The molecule has 1 aliphatic heterocycles. The molecule has 0 amide bonds. The Bertz CT molecular complexity index is 513. The van der Waals surface area contributed by atoms with Gasteiger partial charge in [-0.05, 0) is 32.3 Å². The third-order valence-electron chi connectivity index (χ3n) is 5.22. The average Bonchev–Trinajstić information content (AvgIpc) is 2.62. The fourth-order valence-corrected chi connectivity index (χ4v) is 4.08. The highest BCUT2D eigenvalue weighted by molar-refractivity contribution is 9.11. The number of aliphatic hydroxyl groups is 1. The zero-order chi connectivity index (χ0) is 18.2. The van der Waals surface area contributed by atoms with Gasteiger partial charge in [-0.3, -0.25) is 4.79 Å². The Kier molecular flexibility index (Phi) is 8.46. The van der Waals surface area contributed by atoms with Crippen LogP contribution in [0.3, 0.4) is 0 Å². The molecule has 5 nitrogen and oxygen atoms in total. The first-order valence-corrected chi connectivity index (χ1v) is 10.3. The van der Waals surface area contributed by atoms with Gasteiger partial charge in [-0.1, -0.05) is 42.1 Å². The summed E-state index contributed by atoms with van der Waals surface area (Å²) in [6, 6.07) is 0.860. The lowest BCUT2D eigenvalue weighted by molar-refractivity contribution is -0.113. The Hall–Kier alpha value is -0.850. The second-order valence-corrected chi connectivity index (χ2v) is 8.15. The number of carbonyl (C=O) groups excluding carboxylic acids is 1. The van der Waals surface area contributed by atoms with E-state index in [2.05, 4.69) is 38.8 Å². The molecular formula is C19H32BrN3O2. The Labute approximate surface area is 159 Å². The van der Waals surface area contributed by atoms with Crippen LogP contribution in [0.4, 0.5) is 0 Å². The van der Waals surface area contributed by atoms with Gasteiger partial charge in [0.15, 0.2) is 5.78 Å². The molecule has 0 aromatic rings. The lowest BCUT2D eigenvalue weighted by Crippen LogP contribution is -2.48. The number of hydrogen-bond donors (Lipinski definition) is 4. The molecule has 0 bridgehead atoms. The van der Waals surface area contributed by atoms with Crippen LogP contribution in [0.25, 0.3) is 0 Å². The van der Waals surface area contributed by atoms with Gasteiger partial charge in [-0.25, -0.2) is 0 Å². The van der Waals surface area contributed by atoms with Crippen LogP contribution in [-0.2, 0) is 4.79 Å². The van der Waals surface area contributed by atoms with Gasteiger partial charge in [-0.2, -0.15) is 0 Å². The van der Waals surface area contributed by atoms with Crippen molar-refractivity contribution in [3.63, 3.8) is 0 Å². The maximum absolute atomic E-state index is 11.9. The standard InChI is InChI=1S/C19H32BrN3O2/c1-3-18(23-16-7-5-4-6-8-16)14(12-24)10-21-19-17(13(2)25)9-15(20)11-22-19/h9,14,16,18,21-24H,3-8,10-12H2,1-2H3. The molecule has 2 atom stereocenters. The largest absolute Gasteiger partial charge is 0.396 e. The lowest BCUT2D eigenvalue weighted by atomic mass is 9.91. The fourth-order valence-electron chi connectivity index (χ4n) is 3.71. The van der Waals surface area contributed by atoms with E-state index in [0.717, 1.165) is 16.7 Å². The number of allylic oxidation sites excluding steroid dienone is 2. The predicted octanol–water partition coefficient (Wildman–Crippen LogP) is 2.57. The highest BCUT2D eigenvalue weighted by atomic mass is 79.9. The quantitative estimate of drug-likeness (QED) is 0.467. The summed E-state index contributed by atoms with van der Waals surface area (Å²) in [5.41, 5.74) is 0.656. The van der Waals surface area contributed by atoms with E-state index in [-0.39, 0.29) is 24.3 Å². The second-order valence-electron chi connectivity index (χ2n) is 7.13. The van der Waals surface area contributed by atoms with Crippen molar-refractivity contribution in [2.45, 2.75) is 64.5 Å². The molecule has 142 valence electrons. The molecule has 0 aromatic heterocycles. The molecule has 0 spiro atoms. The molecular weight excluding hydrogens is 382 g/mol. The first-order valence-electron chi connectivity index (χ1n) is 9.51. The summed E-state index contributed by atoms with van der Waals surface area (Å²) in [6.45, 7) is 5.18. The molecule has 2 aliphatic rings. The van der Waals surface area contributed by atoms with Crippen LogP contribution in [0.5, 0.6) is 0 Å². The molecule has 2 unspecified atom stereocenters. The number of carbonyl (C=O) groups is 1. The molecule has 25 heavy (non-hydrogen) atoms. The maximum atomic E-state index is 11.9. The number of dihydropyridines is 1. The smallest absolute Gasteiger partial charge is 0.163 e. The van der Waals surface area contributed by atoms with Crippen molar-refractivity contribution in [3.8, 4) is 0 Å². The van der Waals surface area contributed by atoms with Gasteiger partial charge < -0.3 is 21.1 Å². The number of hydrogen-bond acceptors (Lipinski definition) is 5. The van der Waals surface area contributed by atoms with E-state index in [1.807, 2.05) is 6.08 Å². The van der Waals surface area contributed by atoms with E-state index in [0.29, 0.717) is 24.7 Å². The van der Waals surface area contributed by atoms with E-state index >= 15 is 0 Å². The van der Waals surface area contributed by atoms with Gasteiger partial charge in [0.05, 0.1) is 5.57 Å². The SMILES string of the molecule is CCC(NC1CCCCC1)C(CO)CNC1=C(C(C)=O)C=C(Br)CN1. The molecule has 1 saturated carbocycles. The predicted molar refractivity (Wildman–Crippen MR) is 105 cm³/mol. The molecule has 0 radical (unpaired) electrons. The molecule has 1 aliphatic carbocycles. The first-order chi connectivity index (χ1) is 12.0. The van der Waals surface area contributed by atoms with Crippen LogP contribution in [-0.4, -0.2) is 42.7 Å². The van der Waals surface area contributed by atoms with Gasteiger partial charge in [-0.15, -0.1) is 0 Å². The lowest BCUT2D eigenvalue weighted by Gasteiger charge is -2.33. The topological polar surface area (TPSA) is 73.4 Å². The highest BCUT2D eigenvalue weighted by Crippen LogP contribution is 2.20. The Balaban J connectivity index is 1.97. The Morgan fingerprint density at radius 3 is 2.72 bits per heavy atom. The number of Topliss-reactive ketones (excluding diaryl/α,β-unsaturated/α-hetero) is 1. The summed E-state index contributed by atoms with van der Waals surface area (Å²) in [5.74, 6) is 0.907. The number of ketones is 1. The van der Waals surface area contributed by atoms with Crippen molar-refractivity contribution in [2.24, 2.45) is 5.92 Å². The molecule has 1 heterocycles. The zero-order valence-corrected chi connectivity index (χ0v) is 17.0. The monoisotopic (exact) mass is 413 g/mol. The molecule has 0 aromatic carbocycles. The zero-order valence-electron chi connectivity index (χ0n) is 15.4. The summed E-state index contributed by atoms with van der Waals surface area (Å²) in [5, 5.41) is 20.3. The van der Waals surface area contributed by atoms with Crippen LogP contribution in [0, 0.1) is 5.92 Å². The van der Waals surface area contributed by atoms with Gasteiger partial charge in [0.1, 0.15) is 5.82 Å². The highest BCUT2D eigenvalue weighted by Gasteiger charge is 2.24. The van der Waals surface area contributed by atoms with E-state index in [1.54, 1.807) is 6.92 Å². The number of rotatable bonds is 9. The van der Waals surface area contributed by atoms with Crippen molar-refractivity contribution in [3.05, 3.63) is 22.0 Å². The van der Waals surface area contributed by atoms with Crippen molar-refractivity contribution in [1.29, 1.82) is 0 Å². The summed E-state index contributed by atoms with van der Waals surface area (Å²) in [7, 11) is 0. The third kappa shape index (κ3) is 6.12. The summed E-state index contributed by atoms with van der Waals surface area (Å²) in [4.78, 5) is 11.9. The number of aliphatic hydroxyl groups excluding tert-OH is 1. The average molecular weight is 414 g/mol. The van der Waals surface area contributed by atoms with E-state index in [1.165, 1.54) is 32.1 Å². The van der Waals surface area contributed by atoms with Gasteiger partial charge >= 0.3 is 0 Å². The summed E-state index contributed by atoms with van der Waals surface area (Å²) in [6.07, 6.45) is 9.28. The molecule has 1 fully saturated rings. The van der Waals surface area contributed by atoms with E-state index < -0.39 is 0 Å². The van der Waals surface area contributed by atoms with Crippen LogP contribution in [0.1, 0.15) is 52.4 Å². The van der Waals surface area contributed by atoms with Crippen molar-refractivity contribution >= 4 is 21.7 Å². The normalized spacial score (nSPS) is 21.4. The van der Waals surface area contributed by atoms with Crippen LogP contribution < -0.4 is 16.0 Å². The van der Waals surface area contributed by atoms with Crippen molar-refractivity contribution in [2.75, 3.05) is 19.7 Å². The summed E-state index contributed by atoms with van der Waals surface area (Å²) < 4.78 is 0.965. The van der Waals surface area contributed by atoms with Crippen molar-refractivity contribution in [1.82, 2.24) is 16.0 Å². The molecule has 0 saturated heterocycles. The number of halogens is 1. The summed E-state index contributed by atoms with van der Waals surface area (Å²) >= 11 is 3.44. The number of nitrogens with one attached hydrogen (secondary N) is 3. The molecule has 6 heteroatoms. The first kappa shape index (κ1) is 20.5. The second kappa shape index (κ2) is 10.3. The Morgan fingerprint density at radius 1 is 1.40 bits per heavy atom. The van der Waals surface area contributed by atoms with Crippen molar-refractivity contribution < 1.29 is 9.90 Å². The minimum atomic E-state index is 0.0274. The Morgan fingerprint density at radius 2 is 2.12 bits per heavy atom. The fraction of sp³-hybridized carbons (Fsp3) is 0.737. The van der Waals surface area contributed by atoms with E-state index in [9.17, 15) is 9.90 Å². The van der Waals surface area contributed by atoms with Crippen LogP contribution >= 0.6 is 15.9 Å². The minimum absolute atomic E-state index is 0.0274. The molecule has 2 rings (SSSR count). The molecule has 4 N–H and O–H groups in total. The van der Waals surface area contributed by atoms with Crippen LogP contribution in [0.15, 0.2) is 22.0 Å². The van der Waals surface area contributed by atoms with Crippen LogP contribution in [0.2, 0.25) is 0 Å². The van der Waals surface area contributed by atoms with Gasteiger partial charge in [0.25, 0.3) is 0 Å². The third-order valence-corrected chi connectivity index (χ3v) is 5.73. The van der Waals surface area contributed by atoms with E-state index in [4.69, 9.17) is 0 Å². The minimum Gasteiger partial charge on any atom is -0.396 e. The van der Waals surface area contributed by atoms with Gasteiger partial charge in [0.2, 0.25) is 0 Å². The maximum Gasteiger partial charge on any atom is 0.163 e.